The van der Waals surface area contributed by atoms with Crippen LogP contribution in [0.1, 0.15) is 17.2 Å². The molecule has 0 saturated carbocycles. The van der Waals surface area contributed by atoms with E-state index in [2.05, 4.69) is 21.2 Å². The van der Waals surface area contributed by atoms with E-state index in [0.717, 1.165) is 18.2 Å². The zero-order valence-electron chi connectivity index (χ0n) is 10.7. The third kappa shape index (κ3) is 3.07. The van der Waals surface area contributed by atoms with E-state index < -0.39 is 29.3 Å². The Balaban J connectivity index is 2.60. The average molecular weight is 383 g/mol. The summed E-state index contributed by atoms with van der Waals surface area (Å²) >= 11 is 8.97. The van der Waals surface area contributed by atoms with Gasteiger partial charge in [-0.1, -0.05) is 17.7 Å². The topological polar surface area (TPSA) is 12.0 Å². The molecule has 0 aliphatic heterocycles. The van der Waals surface area contributed by atoms with Crippen molar-refractivity contribution < 1.29 is 17.6 Å². The SMILES string of the molecule is CNC(c1cc(Cl)c(Br)cc1F)c1ccc(F)c(F)c1F. The Kier molecular flexibility index (Phi) is 4.91. The van der Waals surface area contributed by atoms with Crippen LogP contribution in [0.3, 0.4) is 0 Å². The lowest BCUT2D eigenvalue weighted by molar-refractivity contribution is 0.433. The third-order valence-corrected chi connectivity index (χ3v) is 4.21. The fraction of sp³-hybridized carbons (Fsp3) is 0.143. The number of hydrogen-bond donors (Lipinski definition) is 1. The first-order chi connectivity index (χ1) is 9.86. The summed E-state index contributed by atoms with van der Waals surface area (Å²) in [6.45, 7) is 0. The van der Waals surface area contributed by atoms with Crippen molar-refractivity contribution in [1.82, 2.24) is 5.32 Å². The highest BCUT2D eigenvalue weighted by Gasteiger charge is 2.24. The van der Waals surface area contributed by atoms with Gasteiger partial charge in [0.2, 0.25) is 0 Å². The smallest absolute Gasteiger partial charge is 0.194 e. The van der Waals surface area contributed by atoms with Crippen LogP contribution >= 0.6 is 27.5 Å². The summed E-state index contributed by atoms with van der Waals surface area (Å²) in [7, 11) is 1.45. The van der Waals surface area contributed by atoms with E-state index >= 15 is 0 Å². The molecule has 0 spiro atoms. The molecule has 112 valence electrons. The zero-order chi connectivity index (χ0) is 15.7. The Hall–Kier alpha value is -1.11. The second kappa shape index (κ2) is 6.34. The van der Waals surface area contributed by atoms with E-state index in [0.29, 0.717) is 4.47 Å². The molecule has 0 radical (unpaired) electrons. The van der Waals surface area contributed by atoms with Crippen molar-refractivity contribution in [3.63, 3.8) is 0 Å². The number of nitrogens with one attached hydrogen (secondary N) is 1. The van der Waals surface area contributed by atoms with E-state index in [1.807, 2.05) is 0 Å². The summed E-state index contributed by atoms with van der Waals surface area (Å²) in [5.41, 5.74) is -0.190. The van der Waals surface area contributed by atoms with E-state index in [-0.39, 0.29) is 16.1 Å². The molecule has 0 bridgehead atoms. The molecule has 0 fully saturated rings. The van der Waals surface area contributed by atoms with Crippen LogP contribution in [-0.2, 0) is 0 Å². The highest BCUT2D eigenvalue weighted by Crippen LogP contribution is 2.33. The molecule has 0 aliphatic rings. The van der Waals surface area contributed by atoms with Gasteiger partial charge in [-0.3, -0.25) is 0 Å². The maximum absolute atomic E-state index is 14.0. The fourth-order valence-electron chi connectivity index (χ4n) is 2.00. The number of rotatable bonds is 3. The Labute approximate surface area is 132 Å². The maximum atomic E-state index is 14.0. The van der Waals surface area contributed by atoms with Crippen LogP contribution in [-0.4, -0.2) is 7.05 Å². The molecule has 1 unspecified atom stereocenters. The molecule has 0 heterocycles. The summed E-state index contributed by atoms with van der Waals surface area (Å²) in [5.74, 6) is -4.93. The Bertz CT molecular complexity index is 691. The van der Waals surface area contributed by atoms with Crippen LogP contribution in [0.15, 0.2) is 28.7 Å². The largest absolute Gasteiger partial charge is 0.309 e. The van der Waals surface area contributed by atoms with Gasteiger partial charge in [0.25, 0.3) is 0 Å². The average Bonchev–Trinajstić information content (AvgIpc) is 2.44. The van der Waals surface area contributed by atoms with Gasteiger partial charge >= 0.3 is 0 Å². The number of hydrogen-bond acceptors (Lipinski definition) is 1. The first-order valence-electron chi connectivity index (χ1n) is 5.82. The molecule has 2 aromatic rings. The quantitative estimate of drug-likeness (QED) is 0.449. The van der Waals surface area contributed by atoms with Gasteiger partial charge in [-0.2, -0.15) is 0 Å². The van der Waals surface area contributed by atoms with Crippen LogP contribution in [0.4, 0.5) is 17.6 Å². The standard InChI is InChI=1S/C14H9BrClF4N/c1-21-14(6-2-3-10(17)13(20)12(6)19)7-4-9(16)8(15)5-11(7)18/h2-5,14,21H,1H3. The maximum Gasteiger partial charge on any atom is 0.194 e. The van der Waals surface area contributed by atoms with Crippen LogP contribution in [0.25, 0.3) is 0 Å². The van der Waals surface area contributed by atoms with Crippen LogP contribution in [0, 0.1) is 23.3 Å². The van der Waals surface area contributed by atoms with Crippen LogP contribution < -0.4 is 5.32 Å². The highest BCUT2D eigenvalue weighted by molar-refractivity contribution is 9.10. The van der Waals surface area contributed by atoms with Gasteiger partial charge in [-0.25, -0.2) is 17.6 Å². The van der Waals surface area contributed by atoms with Crippen molar-refractivity contribution in [3.8, 4) is 0 Å². The Morgan fingerprint density at radius 1 is 1.00 bits per heavy atom. The molecule has 7 heteroatoms. The first kappa shape index (κ1) is 16.3. The molecule has 1 nitrogen and oxygen atoms in total. The van der Waals surface area contributed by atoms with Crippen molar-refractivity contribution in [2.75, 3.05) is 7.05 Å². The van der Waals surface area contributed by atoms with Crippen LogP contribution in [0.2, 0.25) is 5.02 Å². The normalized spacial score (nSPS) is 12.5. The molecular formula is C14H9BrClF4N. The van der Waals surface area contributed by atoms with E-state index in [1.54, 1.807) is 0 Å². The molecule has 21 heavy (non-hydrogen) atoms. The van der Waals surface area contributed by atoms with Gasteiger partial charge in [0, 0.05) is 15.6 Å². The van der Waals surface area contributed by atoms with Gasteiger partial charge in [0.15, 0.2) is 17.5 Å². The van der Waals surface area contributed by atoms with Gasteiger partial charge in [-0.05, 0) is 41.2 Å². The van der Waals surface area contributed by atoms with Crippen molar-refractivity contribution in [2.24, 2.45) is 0 Å². The van der Waals surface area contributed by atoms with Gasteiger partial charge < -0.3 is 5.32 Å². The minimum absolute atomic E-state index is 0.0237. The second-order valence-corrected chi connectivity index (χ2v) is 5.54. The Morgan fingerprint density at radius 2 is 1.67 bits per heavy atom. The summed E-state index contributed by atoms with van der Waals surface area (Å²) < 4.78 is 54.6. The summed E-state index contributed by atoms with van der Waals surface area (Å²) in [5, 5.41) is 2.88. The predicted molar refractivity (Wildman–Crippen MR) is 76.3 cm³/mol. The third-order valence-electron chi connectivity index (χ3n) is 3.02. The van der Waals surface area contributed by atoms with Gasteiger partial charge in [-0.15, -0.1) is 0 Å². The highest BCUT2D eigenvalue weighted by atomic mass is 79.9. The molecule has 0 aromatic heterocycles. The van der Waals surface area contributed by atoms with E-state index in [1.165, 1.54) is 13.1 Å². The fourth-order valence-corrected chi connectivity index (χ4v) is 2.49. The molecule has 0 amide bonds. The monoisotopic (exact) mass is 381 g/mol. The first-order valence-corrected chi connectivity index (χ1v) is 6.99. The zero-order valence-corrected chi connectivity index (χ0v) is 13.0. The minimum atomic E-state index is -1.60. The summed E-state index contributed by atoms with van der Waals surface area (Å²) in [4.78, 5) is 0. The van der Waals surface area contributed by atoms with Crippen molar-refractivity contribution in [2.45, 2.75) is 6.04 Å². The Morgan fingerprint density at radius 3 is 2.29 bits per heavy atom. The lowest BCUT2D eigenvalue weighted by atomic mass is 9.97. The van der Waals surface area contributed by atoms with Gasteiger partial charge in [0.05, 0.1) is 11.1 Å². The molecule has 2 aromatic carbocycles. The van der Waals surface area contributed by atoms with Crippen molar-refractivity contribution in [1.29, 1.82) is 0 Å². The van der Waals surface area contributed by atoms with Crippen molar-refractivity contribution >= 4 is 27.5 Å². The molecule has 1 N–H and O–H groups in total. The minimum Gasteiger partial charge on any atom is -0.309 e. The molecule has 0 aliphatic carbocycles. The number of benzene rings is 2. The molecular weight excluding hydrogens is 374 g/mol. The van der Waals surface area contributed by atoms with Crippen LogP contribution in [0.5, 0.6) is 0 Å². The lowest BCUT2D eigenvalue weighted by Crippen LogP contribution is -2.21. The lowest BCUT2D eigenvalue weighted by Gasteiger charge is -2.19. The predicted octanol–water partition coefficient (Wildman–Crippen LogP) is 4.97. The molecule has 1 atom stereocenters. The molecule has 0 saturated heterocycles. The summed E-state index contributed by atoms with van der Waals surface area (Å²) in [6.07, 6.45) is 0. The van der Waals surface area contributed by atoms with Crippen molar-refractivity contribution in [3.05, 3.63) is 68.2 Å². The van der Waals surface area contributed by atoms with E-state index in [4.69, 9.17) is 11.6 Å². The second-order valence-electron chi connectivity index (χ2n) is 4.27. The van der Waals surface area contributed by atoms with E-state index in [9.17, 15) is 17.6 Å². The molecule has 2 rings (SSSR count). The number of halogens is 6. The van der Waals surface area contributed by atoms with Gasteiger partial charge in [0.1, 0.15) is 5.82 Å². The summed E-state index contributed by atoms with van der Waals surface area (Å²) in [6, 6.07) is 3.26.